The summed E-state index contributed by atoms with van der Waals surface area (Å²) in [6.07, 6.45) is 4.86. The second-order valence-corrected chi connectivity index (χ2v) is 5.87. The summed E-state index contributed by atoms with van der Waals surface area (Å²) in [5, 5.41) is 2.95. The minimum absolute atomic E-state index is 0.145. The van der Waals surface area contributed by atoms with Gasteiger partial charge in [-0.25, -0.2) is 4.98 Å². The van der Waals surface area contributed by atoms with Crippen molar-refractivity contribution in [2.24, 2.45) is 17.8 Å². The van der Waals surface area contributed by atoms with E-state index in [2.05, 4.69) is 15.3 Å². The Morgan fingerprint density at radius 2 is 2.16 bits per heavy atom. The molecule has 1 amide bonds. The van der Waals surface area contributed by atoms with Crippen LogP contribution in [0.4, 0.5) is 5.95 Å². The number of nitrogens with zero attached hydrogens (tertiary/aromatic N) is 1. The molecule has 98 valence electrons. The van der Waals surface area contributed by atoms with Crippen molar-refractivity contribution in [1.29, 1.82) is 0 Å². The van der Waals surface area contributed by atoms with Crippen molar-refractivity contribution in [3.8, 4) is 0 Å². The van der Waals surface area contributed by atoms with Crippen LogP contribution in [0.3, 0.4) is 0 Å². The molecule has 1 aromatic heterocycles. The van der Waals surface area contributed by atoms with Gasteiger partial charge in [0.2, 0.25) is 11.9 Å². The molecule has 2 fully saturated rings. The first-order valence-electron chi connectivity index (χ1n) is 7.05. The second kappa shape index (κ2) is 4.08. The molecule has 2 saturated carbocycles. The summed E-state index contributed by atoms with van der Waals surface area (Å²) in [5.74, 6) is 2.32. The number of aromatic amines is 1. The number of hydrogen-bond donors (Lipinski definition) is 2. The van der Waals surface area contributed by atoms with Gasteiger partial charge in [-0.15, -0.1) is 0 Å². The lowest BCUT2D eigenvalue weighted by atomic mass is 9.88. The summed E-state index contributed by atoms with van der Waals surface area (Å²) < 4.78 is 0. The van der Waals surface area contributed by atoms with Crippen molar-refractivity contribution in [1.82, 2.24) is 9.97 Å². The Hall–Kier alpha value is -1.84. The Balaban J connectivity index is 1.53. The average Bonchev–Trinajstić information content (AvgIpc) is 3.12. The fourth-order valence-corrected chi connectivity index (χ4v) is 3.79. The highest BCUT2D eigenvalue weighted by molar-refractivity contribution is 5.93. The third kappa shape index (κ3) is 1.82. The van der Waals surface area contributed by atoms with Gasteiger partial charge in [-0.3, -0.25) is 10.1 Å². The Morgan fingerprint density at radius 1 is 1.26 bits per heavy atom. The fraction of sp³-hybridized carbons (Fsp3) is 0.467. The quantitative estimate of drug-likeness (QED) is 0.866. The molecule has 4 heteroatoms. The van der Waals surface area contributed by atoms with Gasteiger partial charge in [0.05, 0.1) is 11.0 Å². The lowest BCUT2D eigenvalue weighted by molar-refractivity contribution is -0.121. The first kappa shape index (κ1) is 11.0. The minimum Gasteiger partial charge on any atom is -0.324 e. The maximum atomic E-state index is 12.3. The van der Waals surface area contributed by atoms with Gasteiger partial charge < -0.3 is 4.98 Å². The molecule has 2 N–H and O–H groups in total. The van der Waals surface area contributed by atoms with Crippen LogP contribution in [0, 0.1) is 17.8 Å². The van der Waals surface area contributed by atoms with Gasteiger partial charge >= 0.3 is 0 Å². The number of aromatic nitrogens is 2. The number of rotatable bonds is 2. The number of carbonyl (C=O) groups excluding carboxylic acids is 1. The van der Waals surface area contributed by atoms with E-state index in [1.54, 1.807) is 0 Å². The lowest BCUT2D eigenvalue weighted by Crippen LogP contribution is -2.27. The molecule has 4 nitrogen and oxygen atoms in total. The summed E-state index contributed by atoms with van der Waals surface area (Å²) in [6, 6.07) is 7.82. The third-order valence-electron chi connectivity index (χ3n) is 4.71. The number of nitrogens with one attached hydrogen (secondary N) is 2. The van der Waals surface area contributed by atoms with Crippen LogP contribution >= 0.6 is 0 Å². The van der Waals surface area contributed by atoms with Crippen LogP contribution in [0.15, 0.2) is 24.3 Å². The first-order valence-corrected chi connectivity index (χ1v) is 7.05. The zero-order valence-corrected chi connectivity index (χ0v) is 10.7. The van der Waals surface area contributed by atoms with E-state index in [9.17, 15) is 4.79 Å². The highest BCUT2D eigenvalue weighted by atomic mass is 16.2. The average molecular weight is 255 g/mol. The highest BCUT2D eigenvalue weighted by Crippen LogP contribution is 2.48. The largest absolute Gasteiger partial charge is 0.324 e. The zero-order chi connectivity index (χ0) is 12.8. The van der Waals surface area contributed by atoms with E-state index in [1.165, 1.54) is 19.3 Å². The van der Waals surface area contributed by atoms with E-state index in [-0.39, 0.29) is 11.8 Å². The predicted molar refractivity (Wildman–Crippen MR) is 73.7 cm³/mol. The van der Waals surface area contributed by atoms with Gasteiger partial charge in [-0.2, -0.15) is 0 Å². The number of H-pyrrole nitrogens is 1. The first-order chi connectivity index (χ1) is 9.29. The molecular weight excluding hydrogens is 238 g/mol. The van der Waals surface area contributed by atoms with E-state index < -0.39 is 0 Å². The standard InChI is InChI=1S/C15H17N3O/c19-14(11-8-9-5-6-10(11)7-9)18-15-16-12-3-1-2-4-13(12)17-15/h1-4,9-11H,5-8H2,(H2,16,17,18,19). The Labute approximate surface area is 111 Å². The molecular formula is C15H17N3O. The fourth-order valence-electron chi connectivity index (χ4n) is 3.79. The molecule has 2 aliphatic carbocycles. The normalized spacial score (nSPS) is 28.9. The Kier molecular flexibility index (Phi) is 2.37. The Bertz CT molecular complexity index is 600. The molecule has 2 aliphatic rings. The summed E-state index contributed by atoms with van der Waals surface area (Å²) in [7, 11) is 0. The topological polar surface area (TPSA) is 57.8 Å². The number of carbonyl (C=O) groups is 1. The van der Waals surface area contributed by atoms with E-state index in [1.807, 2.05) is 24.3 Å². The lowest BCUT2D eigenvalue weighted by Gasteiger charge is -2.19. The van der Waals surface area contributed by atoms with Crippen molar-refractivity contribution in [3.63, 3.8) is 0 Å². The van der Waals surface area contributed by atoms with Gasteiger partial charge in [0.15, 0.2) is 0 Å². The monoisotopic (exact) mass is 255 g/mol. The molecule has 19 heavy (non-hydrogen) atoms. The molecule has 0 radical (unpaired) electrons. The molecule has 0 spiro atoms. The van der Waals surface area contributed by atoms with E-state index in [4.69, 9.17) is 0 Å². The molecule has 3 atom stereocenters. The van der Waals surface area contributed by atoms with Crippen LogP contribution in [0.2, 0.25) is 0 Å². The van der Waals surface area contributed by atoms with E-state index in [0.29, 0.717) is 11.9 Å². The van der Waals surface area contributed by atoms with E-state index >= 15 is 0 Å². The van der Waals surface area contributed by atoms with Crippen LogP contribution in [0.1, 0.15) is 25.7 Å². The number of amides is 1. The van der Waals surface area contributed by atoms with Gasteiger partial charge in [-0.1, -0.05) is 18.6 Å². The highest BCUT2D eigenvalue weighted by Gasteiger charge is 2.43. The van der Waals surface area contributed by atoms with Gasteiger partial charge in [0.25, 0.3) is 0 Å². The molecule has 1 heterocycles. The van der Waals surface area contributed by atoms with Gasteiger partial charge in [0, 0.05) is 5.92 Å². The SMILES string of the molecule is O=C(Nc1nc2ccccc2[nH]1)C1CC2CCC1C2. The van der Waals surface area contributed by atoms with Crippen molar-refractivity contribution in [2.45, 2.75) is 25.7 Å². The van der Waals surface area contributed by atoms with Crippen molar-refractivity contribution < 1.29 is 4.79 Å². The van der Waals surface area contributed by atoms with Gasteiger partial charge in [-0.05, 0) is 43.2 Å². The second-order valence-electron chi connectivity index (χ2n) is 5.87. The number of para-hydroxylation sites is 2. The van der Waals surface area contributed by atoms with Crippen LogP contribution in [0.5, 0.6) is 0 Å². The number of anilines is 1. The molecule has 2 aromatic rings. The van der Waals surface area contributed by atoms with Crippen molar-refractivity contribution >= 4 is 22.9 Å². The van der Waals surface area contributed by atoms with Crippen molar-refractivity contribution in [3.05, 3.63) is 24.3 Å². The molecule has 0 saturated heterocycles. The number of hydrogen-bond acceptors (Lipinski definition) is 2. The van der Waals surface area contributed by atoms with Gasteiger partial charge in [0.1, 0.15) is 0 Å². The third-order valence-corrected chi connectivity index (χ3v) is 4.71. The van der Waals surface area contributed by atoms with Crippen LogP contribution in [0.25, 0.3) is 11.0 Å². The predicted octanol–water partition coefficient (Wildman–Crippen LogP) is 2.94. The maximum Gasteiger partial charge on any atom is 0.230 e. The summed E-state index contributed by atoms with van der Waals surface area (Å²) >= 11 is 0. The zero-order valence-electron chi connectivity index (χ0n) is 10.7. The molecule has 0 aliphatic heterocycles. The molecule has 4 rings (SSSR count). The summed E-state index contributed by atoms with van der Waals surface area (Å²) in [5.41, 5.74) is 1.86. The van der Waals surface area contributed by atoms with Crippen LogP contribution in [-0.4, -0.2) is 15.9 Å². The number of benzene rings is 1. The Morgan fingerprint density at radius 3 is 2.89 bits per heavy atom. The molecule has 3 unspecified atom stereocenters. The van der Waals surface area contributed by atoms with Crippen LogP contribution in [-0.2, 0) is 4.79 Å². The molecule has 2 bridgehead atoms. The molecule has 1 aromatic carbocycles. The minimum atomic E-state index is 0.145. The van der Waals surface area contributed by atoms with Crippen LogP contribution < -0.4 is 5.32 Å². The summed E-state index contributed by atoms with van der Waals surface area (Å²) in [4.78, 5) is 19.9. The summed E-state index contributed by atoms with van der Waals surface area (Å²) in [6.45, 7) is 0. The maximum absolute atomic E-state index is 12.3. The number of imidazole rings is 1. The number of fused-ring (bicyclic) bond motifs is 3. The smallest absolute Gasteiger partial charge is 0.230 e. The van der Waals surface area contributed by atoms with Crippen molar-refractivity contribution in [2.75, 3.05) is 5.32 Å². The van der Waals surface area contributed by atoms with E-state index in [0.717, 1.165) is 23.4 Å².